The number of likely N-dealkylation sites (N-methyl/N-ethyl adjacent to an activating group) is 1. The molecule has 1 fully saturated rings. The molecule has 2 unspecified atom stereocenters. The first-order valence-electron chi connectivity index (χ1n) is 9.00. The monoisotopic (exact) mass is 433 g/mol. The zero-order valence-electron chi connectivity index (χ0n) is 15.6. The van der Waals surface area contributed by atoms with E-state index in [9.17, 15) is 4.79 Å². The van der Waals surface area contributed by atoms with E-state index in [-0.39, 0.29) is 6.04 Å². The number of nitrogens with zero attached hydrogens (tertiary/aromatic N) is 1. The molecular formula is C21H24BrNO4. The topological polar surface area (TPSA) is 48.0 Å². The van der Waals surface area contributed by atoms with Crippen LogP contribution in [0.3, 0.4) is 0 Å². The molecule has 0 N–H and O–H groups in total. The van der Waals surface area contributed by atoms with Gasteiger partial charge in [-0.2, -0.15) is 0 Å². The Hall–Kier alpha value is -2.05. The van der Waals surface area contributed by atoms with Gasteiger partial charge in [0.15, 0.2) is 0 Å². The highest BCUT2D eigenvalue weighted by molar-refractivity contribution is 9.10. The second kappa shape index (κ2) is 9.24. The average molecular weight is 434 g/mol. The van der Waals surface area contributed by atoms with Gasteiger partial charge in [0.2, 0.25) is 6.10 Å². The molecule has 1 aliphatic rings. The van der Waals surface area contributed by atoms with Gasteiger partial charge in [0.05, 0.1) is 7.11 Å². The Morgan fingerprint density at radius 2 is 1.89 bits per heavy atom. The lowest BCUT2D eigenvalue weighted by Gasteiger charge is -2.23. The first-order valence-corrected chi connectivity index (χ1v) is 9.80. The first kappa shape index (κ1) is 19.7. The van der Waals surface area contributed by atoms with Crippen LogP contribution in [-0.4, -0.2) is 44.2 Å². The lowest BCUT2D eigenvalue weighted by atomic mass is 10.1. The molecule has 0 spiro atoms. The van der Waals surface area contributed by atoms with Crippen LogP contribution in [0, 0.1) is 0 Å². The summed E-state index contributed by atoms with van der Waals surface area (Å²) in [5.41, 5.74) is 0.734. The van der Waals surface area contributed by atoms with Gasteiger partial charge in [0.25, 0.3) is 0 Å². The van der Waals surface area contributed by atoms with Crippen molar-refractivity contribution in [1.29, 1.82) is 0 Å². The quantitative estimate of drug-likeness (QED) is 0.611. The van der Waals surface area contributed by atoms with Crippen molar-refractivity contribution in [2.75, 3.05) is 27.3 Å². The molecule has 2 aromatic rings. The second-order valence-corrected chi connectivity index (χ2v) is 7.46. The summed E-state index contributed by atoms with van der Waals surface area (Å²) in [6.45, 7) is 1.42. The maximum Gasteiger partial charge on any atom is 0.352 e. The molecule has 5 nitrogen and oxygen atoms in total. The first-order chi connectivity index (χ1) is 13.1. The van der Waals surface area contributed by atoms with Crippen LogP contribution in [0.2, 0.25) is 0 Å². The van der Waals surface area contributed by atoms with Crippen molar-refractivity contribution >= 4 is 21.9 Å². The summed E-state index contributed by atoms with van der Waals surface area (Å²) in [7, 11) is 3.67. The highest BCUT2D eigenvalue weighted by Crippen LogP contribution is 2.30. The second-order valence-electron chi connectivity index (χ2n) is 6.60. The number of methoxy groups -OCH3 is 1. The summed E-state index contributed by atoms with van der Waals surface area (Å²) < 4.78 is 17.6. The number of esters is 1. The molecule has 27 heavy (non-hydrogen) atoms. The molecule has 1 saturated heterocycles. The molecular weight excluding hydrogens is 410 g/mol. The van der Waals surface area contributed by atoms with E-state index in [0.29, 0.717) is 12.4 Å². The fraction of sp³-hybridized carbons (Fsp3) is 0.381. The molecule has 2 atom stereocenters. The Labute approximate surface area is 168 Å². The third-order valence-corrected chi connectivity index (χ3v) is 5.53. The van der Waals surface area contributed by atoms with Crippen LogP contribution in [0.1, 0.15) is 24.5 Å². The van der Waals surface area contributed by atoms with Crippen LogP contribution in [0.4, 0.5) is 0 Å². The fourth-order valence-electron chi connectivity index (χ4n) is 3.16. The van der Waals surface area contributed by atoms with Gasteiger partial charge >= 0.3 is 5.97 Å². The third kappa shape index (κ3) is 5.02. The summed E-state index contributed by atoms with van der Waals surface area (Å²) in [5.74, 6) is 0.913. The Morgan fingerprint density at radius 1 is 1.19 bits per heavy atom. The van der Waals surface area contributed by atoms with E-state index in [1.807, 2.05) is 24.3 Å². The van der Waals surface area contributed by atoms with Gasteiger partial charge in [0, 0.05) is 16.1 Å². The highest BCUT2D eigenvalue weighted by Gasteiger charge is 2.29. The number of carbonyl (C=O) groups is 1. The summed E-state index contributed by atoms with van der Waals surface area (Å²) in [5, 5.41) is 0. The smallest absolute Gasteiger partial charge is 0.352 e. The number of halogens is 1. The van der Waals surface area contributed by atoms with Gasteiger partial charge in [-0.3, -0.25) is 0 Å². The Kier molecular flexibility index (Phi) is 6.74. The number of likely N-dealkylation sites (tertiary alicyclic amines) is 1. The van der Waals surface area contributed by atoms with Crippen LogP contribution in [0.25, 0.3) is 0 Å². The van der Waals surface area contributed by atoms with E-state index < -0.39 is 12.1 Å². The van der Waals surface area contributed by atoms with Gasteiger partial charge in [0.1, 0.15) is 18.1 Å². The number of benzene rings is 2. The van der Waals surface area contributed by atoms with E-state index in [2.05, 4.69) is 27.9 Å². The van der Waals surface area contributed by atoms with Crippen LogP contribution in [0.15, 0.2) is 53.0 Å². The molecule has 1 heterocycles. The maximum absolute atomic E-state index is 12.9. The van der Waals surface area contributed by atoms with Crippen molar-refractivity contribution in [3.63, 3.8) is 0 Å². The summed E-state index contributed by atoms with van der Waals surface area (Å²) >= 11 is 3.51. The van der Waals surface area contributed by atoms with Crippen LogP contribution < -0.4 is 9.47 Å². The maximum atomic E-state index is 12.9. The van der Waals surface area contributed by atoms with Crippen molar-refractivity contribution in [3.8, 4) is 11.5 Å². The predicted octanol–water partition coefficient (Wildman–Crippen LogP) is 4.22. The molecule has 0 radical (unpaired) electrons. The summed E-state index contributed by atoms with van der Waals surface area (Å²) in [4.78, 5) is 15.1. The van der Waals surface area contributed by atoms with Crippen molar-refractivity contribution in [2.45, 2.75) is 25.0 Å². The molecule has 1 aliphatic heterocycles. The van der Waals surface area contributed by atoms with Crippen molar-refractivity contribution in [2.24, 2.45) is 0 Å². The van der Waals surface area contributed by atoms with Crippen molar-refractivity contribution in [3.05, 3.63) is 58.6 Å². The Bertz CT molecular complexity index is 765. The van der Waals surface area contributed by atoms with E-state index >= 15 is 0 Å². The minimum atomic E-state index is -0.847. The van der Waals surface area contributed by atoms with E-state index in [0.717, 1.165) is 35.2 Å². The van der Waals surface area contributed by atoms with Crippen molar-refractivity contribution < 1.29 is 19.0 Å². The van der Waals surface area contributed by atoms with Crippen LogP contribution in [-0.2, 0) is 9.53 Å². The lowest BCUT2D eigenvalue weighted by Crippen LogP contribution is -2.32. The highest BCUT2D eigenvalue weighted by atomic mass is 79.9. The number of hydrogen-bond acceptors (Lipinski definition) is 5. The minimum Gasteiger partial charge on any atom is -0.497 e. The van der Waals surface area contributed by atoms with Gasteiger partial charge < -0.3 is 19.1 Å². The summed E-state index contributed by atoms with van der Waals surface area (Å²) in [6.07, 6.45) is 1.33. The molecule has 0 amide bonds. The minimum absolute atomic E-state index is 0.273. The molecule has 0 aromatic heterocycles. The Balaban J connectivity index is 1.76. The number of carbonyl (C=O) groups excluding carboxylic acids is 1. The molecule has 6 heteroatoms. The van der Waals surface area contributed by atoms with E-state index in [1.165, 1.54) is 0 Å². The van der Waals surface area contributed by atoms with Gasteiger partial charge in [-0.05, 0) is 56.8 Å². The Morgan fingerprint density at radius 3 is 2.52 bits per heavy atom. The van der Waals surface area contributed by atoms with Gasteiger partial charge in [-0.25, -0.2) is 4.79 Å². The van der Waals surface area contributed by atoms with Crippen LogP contribution in [0.5, 0.6) is 11.5 Å². The SMILES string of the molecule is COc1ccc(OC(C(=O)OCC2CCCN2C)c2ccccc2Br)cc1. The molecule has 144 valence electrons. The molecule has 2 aromatic carbocycles. The van der Waals surface area contributed by atoms with E-state index in [4.69, 9.17) is 14.2 Å². The normalized spacial score (nSPS) is 18.1. The number of rotatable bonds is 7. The summed E-state index contributed by atoms with van der Waals surface area (Å²) in [6, 6.07) is 14.9. The zero-order valence-corrected chi connectivity index (χ0v) is 17.1. The van der Waals surface area contributed by atoms with Crippen molar-refractivity contribution in [1.82, 2.24) is 4.90 Å². The zero-order chi connectivity index (χ0) is 19.2. The molecule has 3 rings (SSSR count). The molecule has 0 aliphatic carbocycles. The van der Waals surface area contributed by atoms with E-state index in [1.54, 1.807) is 31.4 Å². The fourth-order valence-corrected chi connectivity index (χ4v) is 3.65. The standard InChI is InChI=1S/C21H24BrNO4/c1-23-13-5-6-15(23)14-26-21(24)20(18-7-3-4-8-19(18)22)27-17-11-9-16(25-2)10-12-17/h3-4,7-12,15,20H,5-6,13-14H2,1-2H3. The predicted molar refractivity (Wildman–Crippen MR) is 107 cm³/mol. The van der Waals surface area contributed by atoms with Gasteiger partial charge in [-0.15, -0.1) is 0 Å². The largest absolute Gasteiger partial charge is 0.497 e. The van der Waals surface area contributed by atoms with Gasteiger partial charge in [-0.1, -0.05) is 34.1 Å². The molecule has 0 saturated carbocycles. The number of hydrogen-bond donors (Lipinski definition) is 0. The average Bonchev–Trinajstić information content (AvgIpc) is 3.10. The molecule has 0 bridgehead atoms. The third-order valence-electron chi connectivity index (χ3n) is 4.80. The number of ether oxygens (including phenoxy) is 3. The lowest BCUT2D eigenvalue weighted by molar-refractivity contribution is -0.153. The van der Waals surface area contributed by atoms with Crippen LogP contribution >= 0.6 is 15.9 Å².